The number of carbonyl (C=O) groups is 3. The molecule has 0 radical (unpaired) electrons. The largest absolute Gasteiger partial charge is 0.458 e. The van der Waals surface area contributed by atoms with Gasteiger partial charge in [0, 0.05) is 53.6 Å². The molecular weight excluding hydrogens is 716 g/mol. The Balaban J connectivity index is 1.39. The number of fused-ring (bicyclic) bond motifs is 2. The molecule has 1 unspecified atom stereocenters. The van der Waals surface area contributed by atoms with Gasteiger partial charge >= 0.3 is 12.1 Å². The molecule has 0 saturated carbocycles. The topological polar surface area (TPSA) is 149 Å². The van der Waals surface area contributed by atoms with E-state index in [4.69, 9.17) is 28.7 Å². The molecule has 2 bridgehead atoms. The van der Waals surface area contributed by atoms with Crippen LogP contribution in [0.4, 0.5) is 4.79 Å². The lowest BCUT2D eigenvalue weighted by Crippen LogP contribution is -2.58. The minimum atomic E-state index is -1.19. The maximum absolute atomic E-state index is 14.1. The molecule has 13 atom stereocenters. The van der Waals surface area contributed by atoms with E-state index in [1.807, 2.05) is 96.2 Å². The van der Waals surface area contributed by atoms with Crippen molar-refractivity contribution in [3.8, 4) is 0 Å². The molecule has 56 heavy (non-hydrogen) atoms. The van der Waals surface area contributed by atoms with Gasteiger partial charge in [0.15, 0.2) is 11.9 Å². The SMILES string of the molecule is CC[C@H]1OC(=O)CC(=O)[C@H](C)[C@@H](O[C@@H]2O[C@H](C)C[C@H](N(C)C)[C@H]2O)[C@@H](C)[C@@H](OC/C=C/c2cnc3ccccc3c2)[C@@H](C)C2=NCCN3C(=O)O[C@@]1(C)C3[C@H]2C. The minimum absolute atomic E-state index is 0.216. The number of para-hydroxylation sites is 1. The molecule has 1 N–H and O–H groups in total. The molecule has 0 aliphatic carbocycles. The number of aromatic nitrogens is 1. The summed E-state index contributed by atoms with van der Waals surface area (Å²) in [5, 5.41) is 12.6. The first-order valence-corrected chi connectivity index (χ1v) is 20.2. The van der Waals surface area contributed by atoms with Gasteiger partial charge in [-0.15, -0.1) is 0 Å². The van der Waals surface area contributed by atoms with Gasteiger partial charge in [0.2, 0.25) is 0 Å². The van der Waals surface area contributed by atoms with E-state index >= 15 is 0 Å². The van der Waals surface area contributed by atoms with Crippen molar-refractivity contribution in [3.63, 3.8) is 0 Å². The van der Waals surface area contributed by atoms with E-state index in [1.54, 1.807) is 11.8 Å². The molecule has 306 valence electrons. The number of hydrogen-bond acceptors (Lipinski definition) is 12. The number of benzene rings is 1. The van der Waals surface area contributed by atoms with Crippen molar-refractivity contribution < 1.29 is 43.2 Å². The van der Waals surface area contributed by atoms with E-state index in [0.29, 0.717) is 25.9 Å². The normalized spacial score (nSPS) is 37.3. The van der Waals surface area contributed by atoms with Crippen LogP contribution in [0.15, 0.2) is 47.6 Å². The number of ketones is 1. The van der Waals surface area contributed by atoms with E-state index in [0.717, 1.165) is 22.2 Å². The Morgan fingerprint density at radius 3 is 2.54 bits per heavy atom. The molecule has 4 aliphatic heterocycles. The molecule has 3 saturated heterocycles. The number of esters is 1. The summed E-state index contributed by atoms with van der Waals surface area (Å²) in [7, 11) is 3.82. The van der Waals surface area contributed by atoms with E-state index in [-0.39, 0.29) is 36.4 Å². The van der Waals surface area contributed by atoms with Crippen LogP contribution in [0.25, 0.3) is 17.0 Å². The summed E-state index contributed by atoms with van der Waals surface area (Å²) in [4.78, 5) is 54.6. The average molecular weight is 777 g/mol. The van der Waals surface area contributed by atoms with Crippen LogP contribution < -0.4 is 0 Å². The van der Waals surface area contributed by atoms with Gasteiger partial charge in [-0.3, -0.25) is 24.5 Å². The highest BCUT2D eigenvalue weighted by molar-refractivity contribution is 5.97. The molecule has 4 aliphatic rings. The molecule has 2 aromatic rings. The maximum Gasteiger partial charge on any atom is 0.410 e. The van der Waals surface area contributed by atoms with Crippen LogP contribution in [-0.2, 0) is 33.3 Å². The third kappa shape index (κ3) is 8.43. The fourth-order valence-electron chi connectivity index (χ4n) is 9.57. The molecular formula is C43H60N4O9. The van der Waals surface area contributed by atoms with Crippen LogP contribution in [0, 0.1) is 23.7 Å². The highest BCUT2D eigenvalue weighted by atomic mass is 16.7. The molecule has 1 amide bonds. The lowest BCUT2D eigenvalue weighted by molar-refractivity contribution is -0.281. The number of aliphatic imine (C=N–C) groups is 1. The number of pyridine rings is 1. The first-order chi connectivity index (χ1) is 26.6. The molecule has 3 fully saturated rings. The van der Waals surface area contributed by atoms with Gasteiger partial charge in [-0.2, -0.15) is 0 Å². The Morgan fingerprint density at radius 2 is 1.80 bits per heavy atom. The predicted molar refractivity (Wildman–Crippen MR) is 212 cm³/mol. The Kier molecular flexibility index (Phi) is 13.0. The predicted octanol–water partition coefficient (Wildman–Crippen LogP) is 5.32. The summed E-state index contributed by atoms with van der Waals surface area (Å²) < 4.78 is 32.0. The highest BCUT2D eigenvalue weighted by Crippen LogP contribution is 2.43. The molecule has 6 rings (SSSR count). The van der Waals surface area contributed by atoms with Gasteiger partial charge in [-0.05, 0) is 58.5 Å². The molecule has 1 aromatic heterocycles. The fourth-order valence-corrected chi connectivity index (χ4v) is 9.57. The number of cyclic esters (lactones) is 1. The van der Waals surface area contributed by atoms with Crippen molar-refractivity contribution >= 4 is 40.5 Å². The summed E-state index contributed by atoms with van der Waals surface area (Å²) in [5.74, 6) is -3.00. The van der Waals surface area contributed by atoms with Crippen LogP contribution in [0.2, 0.25) is 0 Å². The lowest BCUT2D eigenvalue weighted by atomic mass is 9.73. The summed E-state index contributed by atoms with van der Waals surface area (Å²) in [6.45, 7) is 14.4. The highest BCUT2D eigenvalue weighted by Gasteiger charge is 2.60. The van der Waals surface area contributed by atoms with Crippen molar-refractivity contribution in [2.75, 3.05) is 33.8 Å². The summed E-state index contributed by atoms with van der Waals surface area (Å²) in [5.41, 5.74) is 1.49. The maximum atomic E-state index is 14.1. The summed E-state index contributed by atoms with van der Waals surface area (Å²) in [6, 6.07) is 9.29. The number of nitrogens with zero attached hydrogens (tertiary/aromatic N) is 4. The zero-order chi connectivity index (χ0) is 40.5. The smallest absolute Gasteiger partial charge is 0.410 e. The number of Topliss-reactive ketones (excluding diaryl/α,β-unsaturated/α-hetero) is 1. The number of hydrogen-bond donors (Lipinski definition) is 1. The van der Waals surface area contributed by atoms with E-state index < -0.39 is 72.7 Å². The quantitative estimate of drug-likeness (QED) is 0.275. The third-order valence-electron chi connectivity index (χ3n) is 12.5. The number of amides is 1. The van der Waals surface area contributed by atoms with Crippen LogP contribution in [-0.4, -0.2) is 132 Å². The van der Waals surface area contributed by atoms with E-state index in [2.05, 4.69) is 18.0 Å². The summed E-state index contributed by atoms with van der Waals surface area (Å²) in [6.07, 6.45) is 1.28. The van der Waals surface area contributed by atoms with Crippen molar-refractivity contribution in [2.45, 2.75) is 122 Å². The van der Waals surface area contributed by atoms with Crippen LogP contribution in [0.3, 0.4) is 0 Å². The van der Waals surface area contributed by atoms with Crippen molar-refractivity contribution in [1.82, 2.24) is 14.8 Å². The van der Waals surface area contributed by atoms with Gasteiger partial charge in [0.05, 0.1) is 43.0 Å². The number of aliphatic hydroxyl groups is 1. The van der Waals surface area contributed by atoms with Gasteiger partial charge in [0.1, 0.15) is 24.4 Å². The number of rotatable bonds is 8. The molecule has 5 heterocycles. The standard InChI is InChI=1S/C43H60N4O9/c1-10-34-43(7)40-27(5)36(44-17-18-47(40)42(51)56-43)26(4)38(52-19-13-14-29-21-30-15-11-12-16-31(30)45-23-29)28(6)39(25(3)33(48)22-35(49)54-34)55-41-37(50)32(46(8)9)20-24(2)53-41/h11-16,21,23-28,32,34,37-41,50H,10,17-20,22H2,1-9H3/b14-13+/t24-,25+,26+,27+,28+,32+,34-,37-,38+,39-,40?,41+,43-/m1/s1. The third-order valence-corrected chi connectivity index (χ3v) is 12.5. The van der Waals surface area contributed by atoms with Gasteiger partial charge in [-0.1, -0.05) is 65.0 Å². The molecule has 13 nitrogen and oxygen atoms in total. The minimum Gasteiger partial charge on any atom is -0.458 e. The van der Waals surface area contributed by atoms with Crippen molar-refractivity contribution in [1.29, 1.82) is 0 Å². The molecule has 0 spiro atoms. The van der Waals surface area contributed by atoms with Crippen LogP contribution >= 0.6 is 0 Å². The van der Waals surface area contributed by atoms with Crippen molar-refractivity contribution in [3.05, 3.63) is 48.2 Å². The Bertz CT molecular complexity index is 1800. The zero-order valence-corrected chi connectivity index (χ0v) is 34.3. The van der Waals surface area contributed by atoms with Crippen molar-refractivity contribution in [2.24, 2.45) is 28.7 Å². The second-order valence-electron chi connectivity index (χ2n) is 16.6. The first-order valence-electron chi connectivity index (χ1n) is 20.2. The van der Waals surface area contributed by atoms with E-state index in [9.17, 15) is 19.5 Å². The molecule has 13 heteroatoms. The number of carbonyl (C=O) groups excluding carboxylic acids is 3. The van der Waals surface area contributed by atoms with Gasteiger partial charge < -0.3 is 33.7 Å². The fraction of sp³-hybridized carbons (Fsp3) is 0.651. The number of likely N-dealkylation sites (N-methyl/N-ethyl adjacent to an activating group) is 1. The second-order valence-corrected chi connectivity index (χ2v) is 16.6. The monoisotopic (exact) mass is 776 g/mol. The van der Waals surface area contributed by atoms with Gasteiger partial charge in [-0.25, -0.2) is 4.79 Å². The molecule has 1 aromatic carbocycles. The Labute approximate surface area is 330 Å². The van der Waals surface area contributed by atoms with Crippen LogP contribution in [0.1, 0.15) is 73.3 Å². The number of ether oxygens (including phenoxy) is 5. The summed E-state index contributed by atoms with van der Waals surface area (Å²) >= 11 is 0. The first kappa shape index (κ1) is 41.9. The Morgan fingerprint density at radius 1 is 1.05 bits per heavy atom. The average Bonchev–Trinajstić information content (AvgIpc) is 3.29. The second kappa shape index (κ2) is 17.4. The van der Waals surface area contributed by atoms with Gasteiger partial charge in [0.25, 0.3) is 0 Å². The zero-order valence-electron chi connectivity index (χ0n) is 34.3. The Hall–Kier alpha value is -3.75. The lowest BCUT2D eigenvalue weighted by Gasteiger charge is -2.45. The number of aliphatic hydroxyl groups excluding tert-OH is 1. The van der Waals surface area contributed by atoms with E-state index in [1.165, 1.54) is 0 Å². The van der Waals surface area contributed by atoms with Crippen LogP contribution in [0.5, 0.6) is 0 Å².